The molecule has 0 bridgehead atoms. The zero-order valence-electron chi connectivity index (χ0n) is 15.6. The van der Waals surface area contributed by atoms with Gasteiger partial charge in [-0.25, -0.2) is 4.98 Å². The van der Waals surface area contributed by atoms with Gasteiger partial charge in [-0.2, -0.15) is 0 Å². The van der Waals surface area contributed by atoms with Gasteiger partial charge < -0.3 is 9.73 Å². The van der Waals surface area contributed by atoms with Gasteiger partial charge in [0.05, 0.1) is 17.4 Å². The largest absolute Gasteiger partial charge is 0.444 e. The van der Waals surface area contributed by atoms with Crippen LogP contribution < -0.4 is 5.32 Å². The van der Waals surface area contributed by atoms with Crippen molar-refractivity contribution in [2.75, 3.05) is 5.32 Å². The first-order valence-corrected chi connectivity index (χ1v) is 8.95. The number of nitrogens with zero attached hydrogens (tertiary/aromatic N) is 2. The number of hydrogen-bond donors (Lipinski definition) is 1. The first-order valence-electron chi connectivity index (χ1n) is 8.95. The topological polar surface area (TPSA) is 68.0 Å². The molecule has 0 aliphatic carbocycles. The number of pyridine rings is 1. The fourth-order valence-electron chi connectivity index (χ4n) is 3.17. The highest BCUT2D eigenvalue weighted by molar-refractivity contribution is 6.07. The number of aryl methyl sites for hydroxylation is 2. The lowest BCUT2D eigenvalue weighted by atomic mass is 9.98. The lowest BCUT2D eigenvalue weighted by Gasteiger charge is -2.13. The van der Waals surface area contributed by atoms with Crippen LogP contribution in [-0.2, 0) is 0 Å². The van der Waals surface area contributed by atoms with Crippen molar-refractivity contribution < 1.29 is 9.21 Å². The first-order chi connectivity index (χ1) is 13.6. The molecule has 4 rings (SSSR count). The molecule has 138 valence electrons. The third kappa shape index (κ3) is 3.42. The molecule has 2 aromatic heterocycles. The molecule has 28 heavy (non-hydrogen) atoms. The van der Waals surface area contributed by atoms with Crippen LogP contribution in [0.1, 0.15) is 21.5 Å². The maximum absolute atomic E-state index is 12.8. The van der Waals surface area contributed by atoms with Crippen LogP contribution in [-0.4, -0.2) is 15.9 Å². The number of carbonyl (C=O) groups excluding carboxylic acids is 1. The third-order valence-corrected chi connectivity index (χ3v) is 4.65. The number of hydrogen-bond acceptors (Lipinski definition) is 4. The summed E-state index contributed by atoms with van der Waals surface area (Å²) in [6, 6.07) is 15.7. The van der Waals surface area contributed by atoms with Gasteiger partial charge in [0.15, 0.2) is 0 Å². The predicted molar refractivity (Wildman–Crippen MR) is 109 cm³/mol. The van der Waals surface area contributed by atoms with Crippen LogP contribution in [0.5, 0.6) is 0 Å². The summed E-state index contributed by atoms with van der Waals surface area (Å²) < 4.78 is 5.52. The molecule has 0 unspecified atom stereocenters. The van der Waals surface area contributed by atoms with Crippen LogP contribution in [0.25, 0.3) is 22.6 Å². The second kappa shape index (κ2) is 7.48. The van der Waals surface area contributed by atoms with Gasteiger partial charge in [0.2, 0.25) is 5.89 Å². The number of rotatable bonds is 4. The Labute approximate surface area is 163 Å². The lowest BCUT2D eigenvalue weighted by molar-refractivity contribution is 0.102. The fourth-order valence-corrected chi connectivity index (χ4v) is 3.17. The van der Waals surface area contributed by atoms with E-state index in [0.717, 1.165) is 22.3 Å². The summed E-state index contributed by atoms with van der Waals surface area (Å²) in [7, 11) is 0. The van der Waals surface area contributed by atoms with E-state index in [0.29, 0.717) is 17.1 Å². The smallest absolute Gasteiger partial charge is 0.256 e. The van der Waals surface area contributed by atoms with Crippen molar-refractivity contribution in [3.05, 3.63) is 90.1 Å². The number of anilines is 1. The van der Waals surface area contributed by atoms with Gasteiger partial charge in [-0.3, -0.25) is 9.78 Å². The molecule has 0 saturated carbocycles. The molecule has 5 nitrogen and oxygen atoms in total. The van der Waals surface area contributed by atoms with Gasteiger partial charge in [-0.15, -0.1) is 0 Å². The number of nitrogens with one attached hydrogen (secondary N) is 1. The second-order valence-electron chi connectivity index (χ2n) is 6.56. The second-order valence-corrected chi connectivity index (χ2v) is 6.56. The minimum atomic E-state index is -0.198. The van der Waals surface area contributed by atoms with Gasteiger partial charge >= 0.3 is 0 Å². The number of oxazole rings is 1. The quantitative estimate of drug-likeness (QED) is 0.532. The Bertz CT molecular complexity index is 1130. The summed E-state index contributed by atoms with van der Waals surface area (Å²) >= 11 is 0. The molecule has 0 aliphatic rings. The number of amides is 1. The van der Waals surface area contributed by atoms with Crippen LogP contribution >= 0.6 is 0 Å². The summed E-state index contributed by atoms with van der Waals surface area (Å²) in [6.07, 6.45) is 6.39. The standard InChI is InChI=1S/C23H19N3O2/c1-15-5-3-4-6-18(15)17-7-8-21(20(13-17)23-25-11-12-28-23)26-22(27)19-9-10-24-14-16(19)2/h3-14H,1-2H3,(H,26,27). The number of aromatic nitrogens is 2. The Morgan fingerprint density at radius 2 is 1.82 bits per heavy atom. The van der Waals surface area contributed by atoms with Crippen molar-refractivity contribution in [2.24, 2.45) is 0 Å². The molecular formula is C23H19N3O2. The lowest BCUT2D eigenvalue weighted by Crippen LogP contribution is -2.14. The molecule has 2 aromatic carbocycles. The Morgan fingerprint density at radius 1 is 0.964 bits per heavy atom. The Balaban J connectivity index is 1.76. The molecule has 1 N–H and O–H groups in total. The van der Waals surface area contributed by atoms with E-state index in [1.54, 1.807) is 24.7 Å². The van der Waals surface area contributed by atoms with Crippen molar-refractivity contribution in [3.8, 4) is 22.6 Å². The molecule has 0 fully saturated rings. The highest BCUT2D eigenvalue weighted by Gasteiger charge is 2.16. The van der Waals surface area contributed by atoms with Gasteiger partial charge in [0.25, 0.3) is 5.91 Å². The Hall–Kier alpha value is -3.73. The van der Waals surface area contributed by atoms with Crippen molar-refractivity contribution in [1.82, 2.24) is 9.97 Å². The van der Waals surface area contributed by atoms with E-state index in [-0.39, 0.29) is 5.91 Å². The van der Waals surface area contributed by atoms with E-state index < -0.39 is 0 Å². The highest BCUT2D eigenvalue weighted by Crippen LogP contribution is 2.33. The molecule has 0 aliphatic heterocycles. The molecular weight excluding hydrogens is 350 g/mol. The number of carbonyl (C=O) groups is 1. The summed E-state index contributed by atoms with van der Waals surface area (Å²) in [5, 5.41) is 2.98. The highest BCUT2D eigenvalue weighted by atomic mass is 16.3. The Morgan fingerprint density at radius 3 is 2.57 bits per heavy atom. The summed E-state index contributed by atoms with van der Waals surface area (Å²) in [5.74, 6) is 0.258. The van der Waals surface area contributed by atoms with Crippen LogP contribution in [0.15, 0.2) is 77.8 Å². The van der Waals surface area contributed by atoms with Gasteiger partial charge in [-0.05, 0) is 54.3 Å². The zero-order valence-corrected chi connectivity index (χ0v) is 15.6. The van der Waals surface area contributed by atoms with E-state index in [1.807, 2.05) is 37.3 Å². The molecule has 0 radical (unpaired) electrons. The van der Waals surface area contributed by atoms with Crippen LogP contribution in [0.4, 0.5) is 5.69 Å². The van der Waals surface area contributed by atoms with Crippen molar-refractivity contribution in [2.45, 2.75) is 13.8 Å². The average Bonchev–Trinajstić information content (AvgIpc) is 3.24. The van der Waals surface area contributed by atoms with Crippen LogP contribution in [0.3, 0.4) is 0 Å². The minimum Gasteiger partial charge on any atom is -0.444 e. The van der Waals surface area contributed by atoms with E-state index >= 15 is 0 Å². The molecule has 0 atom stereocenters. The Kier molecular flexibility index (Phi) is 4.72. The number of benzene rings is 2. The van der Waals surface area contributed by atoms with Gasteiger partial charge in [0, 0.05) is 18.0 Å². The van der Waals surface area contributed by atoms with Gasteiger partial charge in [-0.1, -0.05) is 30.3 Å². The van der Waals surface area contributed by atoms with Crippen molar-refractivity contribution in [3.63, 3.8) is 0 Å². The maximum atomic E-state index is 12.8. The molecule has 4 aromatic rings. The monoisotopic (exact) mass is 369 g/mol. The van der Waals surface area contributed by atoms with E-state index in [1.165, 1.54) is 11.8 Å². The van der Waals surface area contributed by atoms with Crippen molar-refractivity contribution >= 4 is 11.6 Å². The van der Waals surface area contributed by atoms with Crippen molar-refractivity contribution in [1.29, 1.82) is 0 Å². The molecule has 1 amide bonds. The van der Waals surface area contributed by atoms with Crippen LogP contribution in [0.2, 0.25) is 0 Å². The average molecular weight is 369 g/mol. The SMILES string of the molecule is Cc1cnccc1C(=O)Nc1ccc(-c2ccccc2C)cc1-c1ncco1. The predicted octanol–water partition coefficient (Wildman–Crippen LogP) is 5.27. The molecule has 2 heterocycles. The van der Waals surface area contributed by atoms with Gasteiger partial charge in [0.1, 0.15) is 6.26 Å². The van der Waals surface area contributed by atoms with Crippen LogP contribution in [0, 0.1) is 13.8 Å². The molecule has 0 saturated heterocycles. The van der Waals surface area contributed by atoms with E-state index in [2.05, 4.69) is 34.3 Å². The fraction of sp³-hybridized carbons (Fsp3) is 0.0870. The van der Waals surface area contributed by atoms with E-state index in [9.17, 15) is 4.79 Å². The third-order valence-electron chi connectivity index (χ3n) is 4.65. The normalized spacial score (nSPS) is 10.6. The van der Waals surface area contributed by atoms with E-state index in [4.69, 9.17) is 4.42 Å². The summed E-state index contributed by atoms with van der Waals surface area (Å²) in [4.78, 5) is 21.1. The molecule has 5 heteroatoms. The zero-order chi connectivity index (χ0) is 19.5. The summed E-state index contributed by atoms with van der Waals surface area (Å²) in [6.45, 7) is 3.93. The minimum absolute atomic E-state index is 0.198. The summed E-state index contributed by atoms with van der Waals surface area (Å²) in [5.41, 5.74) is 6.09. The maximum Gasteiger partial charge on any atom is 0.256 e. The first kappa shape index (κ1) is 17.7. The molecule has 0 spiro atoms.